The molecule has 0 spiro atoms. The van der Waals surface area contributed by atoms with E-state index in [1.807, 2.05) is 29.2 Å². The molecule has 9 nitrogen and oxygen atoms in total. The van der Waals surface area contributed by atoms with E-state index in [0.717, 1.165) is 11.1 Å². The van der Waals surface area contributed by atoms with Gasteiger partial charge in [0, 0.05) is 24.0 Å². The fourth-order valence-electron chi connectivity index (χ4n) is 5.70. The minimum Gasteiger partial charge on any atom is -0.461 e. The van der Waals surface area contributed by atoms with Crippen LogP contribution in [0.15, 0.2) is 66.7 Å². The van der Waals surface area contributed by atoms with Gasteiger partial charge in [0.2, 0.25) is 5.91 Å². The molecule has 208 valence electrons. The molecule has 3 amide bonds. The molecule has 1 aromatic heterocycles. The van der Waals surface area contributed by atoms with E-state index >= 15 is 0 Å². The first-order valence-electron chi connectivity index (χ1n) is 13.4. The number of ether oxygens (including phenoxy) is 1. The van der Waals surface area contributed by atoms with Crippen molar-refractivity contribution in [3.63, 3.8) is 0 Å². The topological polar surface area (TPSA) is 112 Å². The van der Waals surface area contributed by atoms with E-state index in [4.69, 9.17) is 4.74 Å². The fraction of sp³-hybridized carbons (Fsp3) is 0.226. The van der Waals surface area contributed by atoms with Gasteiger partial charge in [0.1, 0.15) is 11.5 Å². The number of hydrogen-bond acceptors (Lipinski definition) is 6. The van der Waals surface area contributed by atoms with E-state index in [9.17, 15) is 23.6 Å². The number of amides is 3. The lowest BCUT2D eigenvalue weighted by Crippen LogP contribution is -2.46. The third-order valence-electron chi connectivity index (χ3n) is 7.61. The molecule has 0 bridgehead atoms. The Labute approximate surface area is 234 Å². The summed E-state index contributed by atoms with van der Waals surface area (Å²) in [5.74, 6) is -2.35. The van der Waals surface area contributed by atoms with Crippen LogP contribution in [-0.2, 0) is 16.0 Å². The quantitative estimate of drug-likeness (QED) is 0.260. The third kappa shape index (κ3) is 4.76. The molecule has 0 fully saturated rings. The average Bonchev–Trinajstić information content (AvgIpc) is 3.44. The standard InChI is InChI=1S/C31H27FN4O5/c1-2-41-31(40)28-27(23-15-19(32)11-12-24(23)33-28)34-26(37)17-35-14-13-18-7-3-4-8-20(18)25(35)16-36-29(38)21-9-5-6-10-22(21)30(36)39/h3-12,15,25,33H,2,13-14,16-17H2,1H3,(H,34,37). The normalized spacial score (nSPS) is 16.5. The number of nitrogens with one attached hydrogen (secondary N) is 2. The van der Waals surface area contributed by atoms with Crippen molar-refractivity contribution >= 4 is 40.3 Å². The lowest BCUT2D eigenvalue weighted by atomic mass is 9.92. The number of esters is 1. The average molecular weight is 555 g/mol. The maximum absolute atomic E-state index is 14.1. The number of aromatic amines is 1. The molecule has 6 rings (SSSR count). The van der Waals surface area contributed by atoms with E-state index in [1.54, 1.807) is 31.2 Å². The zero-order valence-electron chi connectivity index (χ0n) is 22.3. The fourth-order valence-corrected chi connectivity index (χ4v) is 5.70. The number of benzene rings is 3. The largest absolute Gasteiger partial charge is 0.461 e. The number of hydrogen-bond donors (Lipinski definition) is 2. The lowest BCUT2D eigenvalue weighted by Gasteiger charge is -2.38. The first kappa shape index (κ1) is 26.4. The minimum absolute atomic E-state index is 0.0207. The van der Waals surface area contributed by atoms with Gasteiger partial charge in [0.25, 0.3) is 11.8 Å². The number of H-pyrrole nitrogens is 1. The van der Waals surface area contributed by atoms with E-state index in [0.29, 0.717) is 35.0 Å². The molecule has 0 radical (unpaired) electrons. The summed E-state index contributed by atoms with van der Waals surface area (Å²) in [5, 5.41) is 3.13. The van der Waals surface area contributed by atoms with Gasteiger partial charge in [-0.15, -0.1) is 0 Å². The molecule has 4 aromatic rings. The molecule has 1 atom stereocenters. The van der Waals surface area contributed by atoms with Crippen LogP contribution in [0.3, 0.4) is 0 Å². The summed E-state index contributed by atoms with van der Waals surface area (Å²) in [6.45, 7) is 2.28. The number of rotatable bonds is 7. The van der Waals surface area contributed by atoms with Gasteiger partial charge in [0.15, 0.2) is 0 Å². The maximum Gasteiger partial charge on any atom is 0.356 e. The van der Waals surface area contributed by atoms with Gasteiger partial charge >= 0.3 is 5.97 Å². The first-order valence-corrected chi connectivity index (χ1v) is 13.4. The second-order valence-electron chi connectivity index (χ2n) is 10.0. The number of anilines is 1. The van der Waals surface area contributed by atoms with Crippen molar-refractivity contribution in [2.24, 2.45) is 0 Å². The Kier molecular flexibility index (Phi) is 6.84. The molecule has 0 aliphatic carbocycles. The predicted octanol–water partition coefficient (Wildman–Crippen LogP) is 4.32. The Morgan fingerprint density at radius 3 is 2.46 bits per heavy atom. The van der Waals surface area contributed by atoms with Crippen LogP contribution in [0.1, 0.15) is 55.3 Å². The minimum atomic E-state index is -0.671. The maximum atomic E-state index is 14.1. The molecule has 3 aromatic carbocycles. The van der Waals surface area contributed by atoms with E-state index in [2.05, 4.69) is 10.3 Å². The summed E-state index contributed by atoms with van der Waals surface area (Å²) in [6, 6.07) is 18.1. The predicted molar refractivity (Wildman–Crippen MR) is 149 cm³/mol. The number of carbonyl (C=O) groups excluding carboxylic acids is 4. The van der Waals surface area contributed by atoms with Crippen LogP contribution in [0.25, 0.3) is 10.9 Å². The van der Waals surface area contributed by atoms with Crippen molar-refractivity contribution in [2.75, 3.05) is 31.6 Å². The van der Waals surface area contributed by atoms with Crippen LogP contribution in [0.2, 0.25) is 0 Å². The van der Waals surface area contributed by atoms with Crippen molar-refractivity contribution in [1.82, 2.24) is 14.8 Å². The summed E-state index contributed by atoms with van der Waals surface area (Å²) < 4.78 is 19.3. The lowest BCUT2D eigenvalue weighted by molar-refractivity contribution is -0.118. The molecule has 2 N–H and O–H groups in total. The molecule has 1 unspecified atom stereocenters. The van der Waals surface area contributed by atoms with Gasteiger partial charge < -0.3 is 15.0 Å². The zero-order chi connectivity index (χ0) is 28.7. The van der Waals surface area contributed by atoms with Gasteiger partial charge in [-0.3, -0.25) is 24.2 Å². The summed E-state index contributed by atoms with van der Waals surface area (Å²) in [4.78, 5) is 58.6. The van der Waals surface area contributed by atoms with Crippen LogP contribution in [0.4, 0.5) is 10.1 Å². The zero-order valence-corrected chi connectivity index (χ0v) is 22.3. The molecule has 0 saturated heterocycles. The second kappa shape index (κ2) is 10.6. The highest BCUT2D eigenvalue weighted by Crippen LogP contribution is 2.34. The summed E-state index contributed by atoms with van der Waals surface area (Å²) in [5.41, 5.74) is 3.38. The molecular formula is C31H27FN4O5. The van der Waals surface area contributed by atoms with Crippen LogP contribution < -0.4 is 5.32 Å². The summed E-state index contributed by atoms with van der Waals surface area (Å²) in [6.07, 6.45) is 0.675. The van der Waals surface area contributed by atoms with E-state index in [-0.39, 0.29) is 42.9 Å². The number of imide groups is 1. The molecule has 41 heavy (non-hydrogen) atoms. The Hall–Kier alpha value is -4.83. The van der Waals surface area contributed by atoms with Crippen molar-refractivity contribution in [3.05, 3.63) is 100 Å². The Morgan fingerprint density at radius 1 is 1.02 bits per heavy atom. The Morgan fingerprint density at radius 2 is 1.73 bits per heavy atom. The number of halogens is 1. The van der Waals surface area contributed by atoms with Crippen LogP contribution in [0.5, 0.6) is 0 Å². The molecule has 10 heteroatoms. The van der Waals surface area contributed by atoms with Crippen LogP contribution in [0, 0.1) is 5.82 Å². The first-order chi connectivity index (χ1) is 19.9. The van der Waals surface area contributed by atoms with E-state index < -0.39 is 23.7 Å². The van der Waals surface area contributed by atoms with Crippen molar-refractivity contribution in [1.29, 1.82) is 0 Å². The highest BCUT2D eigenvalue weighted by molar-refractivity contribution is 6.21. The second-order valence-corrected chi connectivity index (χ2v) is 10.0. The molecular weight excluding hydrogens is 527 g/mol. The molecule has 0 saturated carbocycles. The summed E-state index contributed by atoms with van der Waals surface area (Å²) >= 11 is 0. The number of fused-ring (bicyclic) bond motifs is 3. The molecule has 2 aliphatic rings. The monoisotopic (exact) mass is 554 g/mol. The van der Waals surface area contributed by atoms with E-state index in [1.165, 1.54) is 23.1 Å². The highest BCUT2D eigenvalue weighted by Gasteiger charge is 2.39. The Balaban J connectivity index is 1.29. The Bertz CT molecular complexity index is 1680. The number of aromatic nitrogens is 1. The van der Waals surface area contributed by atoms with Gasteiger partial charge in [-0.1, -0.05) is 36.4 Å². The number of carbonyl (C=O) groups is 4. The summed E-state index contributed by atoms with van der Waals surface area (Å²) in [7, 11) is 0. The molecule has 2 aliphatic heterocycles. The van der Waals surface area contributed by atoms with Gasteiger partial charge in [-0.05, 0) is 54.8 Å². The molecule has 3 heterocycles. The van der Waals surface area contributed by atoms with Crippen molar-refractivity contribution in [2.45, 2.75) is 19.4 Å². The number of nitrogens with zero attached hydrogens (tertiary/aromatic N) is 2. The van der Waals surface area contributed by atoms with Gasteiger partial charge in [-0.2, -0.15) is 0 Å². The third-order valence-corrected chi connectivity index (χ3v) is 7.61. The highest BCUT2D eigenvalue weighted by atomic mass is 19.1. The van der Waals surface area contributed by atoms with Crippen LogP contribution in [-0.4, -0.2) is 64.7 Å². The van der Waals surface area contributed by atoms with Crippen molar-refractivity contribution < 1.29 is 28.3 Å². The van der Waals surface area contributed by atoms with Gasteiger partial charge in [0.05, 0.1) is 36.0 Å². The van der Waals surface area contributed by atoms with Crippen LogP contribution >= 0.6 is 0 Å². The smallest absolute Gasteiger partial charge is 0.356 e. The van der Waals surface area contributed by atoms with Gasteiger partial charge in [-0.25, -0.2) is 9.18 Å². The van der Waals surface area contributed by atoms with Crippen molar-refractivity contribution in [3.8, 4) is 0 Å². The SMILES string of the molecule is CCOC(=O)c1[nH]c2ccc(F)cc2c1NC(=O)CN1CCc2ccccc2C1CN1C(=O)c2ccccc2C1=O.